The van der Waals surface area contributed by atoms with Crippen LogP contribution < -0.4 is 15.2 Å². The van der Waals surface area contributed by atoms with Crippen LogP contribution in [0.25, 0.3) is 0 Å². The molecule has 3 nitrogen and oxygen atoms in total. The predicted molar refractivity (Wildman–Crippen MR) is 84.5 cm³/mol. The molecule has 2 atom stereocenters. The molecule has 0 aliphatic rings. The molecule has 2 N–H and O–H groups in total. The zero-order valence-corrected chi connectivity index (χ0v) is 13.3. The first-order valence-corrected chi connectivity index (χ1v) is 7.70. The fourth-order valence-corrected chi connectivity index (χ4v) is 2.25. The largest absolute Gasteiger partial charge is 0.490 e. The summed E-state index contributed by atoms with van der Waals surface area (Å²) in [6, 6.07) is 6.28. The van der Waals surface area contributed by atoms with Gasteiger partial charge in [-0.2, -0.15) is 0 Å². The number of hydrogen-bond acceptors (Lipinski definition) is 3. The highest BCUT2D eigenvalue weighted by Gasteiger charge is 2.09. The number of ether oxygens (including phenoxy) is 2. The van der Waals surface area contributed by atoms with Crippen molar-refractivity contribution in [1.82, 2.24) is 0 Å². The Hall–Kier alpha value is -1.22. The van der Waals surface area contributed by atoms with E-state index in [0.717, 1.165) is 24.5 Å². The third kappa shape index (κ3) is 5.83. The number of nitrogens with two attached hydrogens (primary N) is 1. The van der Waals surface area contributed by atoms with E-state index < -0.39 is 0 Å². The van der Waals surface area contributed by atoms with Crippen LogP contribution in [0.1, 0.15) is 46.1 Å². The molecule has 0 aliphatic carbocycles. The number of rotatable bonds is 9. The maximum absolute atomic E-state index is 5.91. The zero-order valence-electron chi connectivity index (χ0n) is 13.3. The summed E-state index contributed by atoms with van der Waals surface area (Å²) in [7, 11) is 0. The first kappa shape index (κ1) is 16.8. The third-order valence-electron chi connectivity index (χ3n) is 3.17. The average Bonchev–Trinajstić information content (AvgIpc) is 2.38. The number of benzene rings is 1. The van der Waals surface area contributed by atoms with Crippen molar-refractivity contribution in [3.8, 4) is 11.5 Å². The average molecular weight is 279 g/mol. The van der Waals surface area contributed by atoms with Gasteiger partial charge in [-0.05, 0) is 50.3 Å². The molecule has 1 rings (SSSR count). The van der Waals surface area contributed by atoms with Gasteiger partial charge in [-0.1, -0.05) is 26.3 Å². The fourth-order valence-electron chi connectivity index (χ4n) is 2.25. The highest BCUT2D eigenvalue weighted by atomic mass is 16.5. The molecule has 0 heterocycles. The molecule has 2 unspecified atom stereocenters. The fraction of sp³-hybridized carbons (Fsp3) is 0.647. The zero-order chi connectivity index (χ0) is 15.0. The van der Waals surface area contributed by atoms with Crippen molar-refractivity contribution in [2.24, 2.45) is 11.7 Å². The summed E-state index contributed by atoms with van der Waals surface area (Å²) >= 11 is 0. The summed E-state index contributed by atoms with van der Waals surface area (Å²) in [5, 5.41) is 0. The van der Waals surface area contributed by atoms with Crippen molar-refractivity contribution in [1.29, 1.82) is 0 Å². The minimum absolute atomic E-state index is 0.154. The van der Waals surface area contributed by atoms with Gasteiger partial charge in [0.1, 0.15) is 0 Å². The molecule has 0 spiro atoms. The van der Waals surface area contributed by atoms with E-state index in [1.165, 1.54) is 18.4 Å². The normalized spacial score (nSPS) is 13.8. The first-order chi connectivity index (χ1) is 9.56. The van der Waals surface area contributed by atoms with E-state index in [9.17, 15) is 0 Å². The van der Waals surface area contributed by atoms with Crippen LogP contribution in [0.4, 0.5) is 0 Å². The van der Waals surface area contributed by atoms with Gasteiger partial charge in [0.15, 0.2) is 11.5 Å². The van der Waals surface area contributed by atoms with Crippen LogP contribution in [0.2, 0.25) is 0 Å². The van der Waals surface area contributed by atoms with Gasteiger partial charge >= 0.3 is 0 Å². The highest BCUT2D eigenvalue weighted by Crippen LogP contribution is 2.29. The van der Waals surface area contributed by atoms with Gasteiger partial charge in [0, 0.05) is 6.04 Å². The van der Waals surface area contributed by atoms with Crippen LogP contribution in [0.5, 0.6) is 11.5 Å². The summed E-state index contributed by atoms with van der Waals surface area (Å²) in [6.07, 6.45) is 3.23. The molecule has 1 aromatic carbocycles. The monoisotopic (exact) mass is 279 g/mol. The Morgan fingerprint density at radius 3 is 2.45 bits per heavy atom. The van der Waals surface area contributed by atoms with Gasteiger partial charge in [0.05, 0.1) is 13.2 Å². The SMILES string of the molecule is CCCC(C)COc1ccc(CC(C)N)cc1OCC. The molecular formula is C17H29NO2. The molecule has 0 aromatic heterocycles. The molecule has 1 aromatic rings. The molecular weight excluding hydrogens is 250 g/mol. The molecule has 3 heteroatoms. The summed E-state index contributed by atoms with van der Waals surface area (Å²) in [5.41, 5.74) is 7.04. The maximum Gasteiger partial charge on any atom is 0.161 e. The second-order valence-electron chi connectivity index (χ2n) is 5.60. The Labute approximate surface area is 123 Å². The van der Waals surface area contributed by atoms with E-state index in [2.05, 4.69) is 19.9 Å². The van der Waals surface area contributed by atoms with Gasteiger partial charge in [-0.3, -0.25) is 0 Å². The Morgan fingerprint density at radius 1 is 1.10 bits per heavy atom. The van der Waals surface area contributed by atoms with Crippen molar-refractivity contribution in [2.75, 3.05) is 13.2 Å². The van der Waals surface area contributed by atoms with Gasteiger partial charge in [0.25, 0.3) is 0 Å². The second kappa shape index (κ2) is 8.85. The van der Waals surface area contributed by atoms with Gasteiger partial charge in [-0.15, -0.1) is 0 Å². The van der Waals surface area contributed by atoms with E-state index in [-0.39, 0.29) is 6.04 Å². The van der Waals surface area contributed by atoms with Crippen LogP contribution in [-0.2, 0) is 6.42 Å². The smallest absolute Gasteiger partial charge is 0.161 e. The molecule has 20 heavy (non-hydrogen) atoms. The van der Waals surface area contributed by atoms with Crippen LogP contribution in [0.3, 0.4) is 0 Å². The topological polar surface area (TPSA) is 44.5 Å². The van der Waals surface area contributed by atoms with E-state index in [4.69, 9.17) is 15.2 Å². The van der Waals surface area contributed by atoms with Crippen molar-refractivity contribution < 1.29 is 9.47 Å². The van der Waals surface area contributed by atoms with E-state index >= 15 is 0 Å². The summed E-state index contributed by atoms with van der Waals surface area (Å²) in [4.78, 5) is 0. The van der Waals surface area contributed by atoms with Gasteiger partial charge in [-0.25, -0.2) is 0 Å². The Bertz CT molecular complexity index is 391. The minimum Gasteiger partial charge on any atom is -0.490 e. The van der Waals surface area contributed by atoms with Crippen LogP contribution >= 0.6 is 0 Å². The molecule has 0 aliphatic heterocycles. The predicted octanol–water partition coefficient (Wildman–Crippen LogP) is 3.79. The lowest BCUT2D eigenvalue weighted by Gasteiger charge is -2.16. The molecule has 0 saturated heterocycles. The summed E-state index contributed by atoms with van der Waals surface area (Å²) in [6.45, 7) is 9.79. The van der Waals surface area contributed by atoms with Crippen molar-refractivity contribution >= 4 is 0 Å². The Balaban J connectivity index is 2.73. The summed E-state index contributed by atoms with van der Waals surface area (Å²) < 4.78 is 11.6. The standard InChI is InChI=1S/C17H29NO2/c1-5-7-13(3)12-20-16-9-8-15(10-14(4)18)11-17(16)19-6-2/h8-9,11,13-14H,5-7,10,12,18H2,1-4H3. The van der Waals surface area contributed by atoms with Gasteiger partial charge < -0.3 is 15.2 Å². The molecule has 0 fully saturated rings. The Kier molecular flexibility index (Phi) is 7.45. The molecule has 0 bridgehead atoms. The van der Waals surface area contributed by atoms with E-state index in [1.54, 1.807) is 0 Å². The molecule has 0 radical (unpaired) electrons. The maximum atomic E-state index is 5.91. The quantitative estimate of drug-likeness (QED) is 0.748. The first-order valence-electron chi connectivity index (χ1n) is 7.70. The third-order valence-corrected chi connectivity index (χ3v) is 3.17. The van der Waals surface area contributed by atoms with Crippen molar-refractivity contribution in [3.63, 3.8) is 0 Å². The van der Waals surface area contributed by atoms with E-state index in [0.29, 0.717) is 12.5 Å². The lowest BCUT2D eigenvalue weighted by atomic mass is 10.1. The lowest BCUT2D eigenvalue weighted by molar-refractivity contribution is 0.234. The number of hydrogen-bond donors (Lipinski definition) is 1. The highest BCUT2D eigenvalue weighted by molar-refractivity contribution is 5.43. The lowest BCUT2D eigenvalue weighted by Crippen LogP contribution is -2.17. The summed E-state index contributed by atoms with van der Waals surface area (Å²) in [5.74, 6) is 2.23. The second-order valence-corrected chi connectivity index (χ2v) is 5.60. The van der Waals surface area contributed by atoms with Crippen LogP contribution in [0.15, 0.2) is 18.2 Å². The minimum atomic E-state index is 0.154. The van der Waals surface area contributed by atoms with E-state index in [1.807, 2.05) is 26.0 Å². The molecule has 114 valence electrons. The molecule has 0 amide bonds. The van der Waals surface area contributed by atoms with Gasteiger partial charge in [0.2, 0.25) is 0 Å². The molecule has 0 saturated carbocycles. The van der Waals surface area contributed by atoms with Crippen LogP contribution in [-0.4, -0.2) is 19.3 Å². The van der Waals surface area contributed by atoms with Crippen molar-refractivity contribution in [2.45, 2.75) is 53.0 Å². The Morgan fingerprint density at radius 2 is 1.85 bits per heavy atom. The van der Waals surface area contributed by atoms with Crippen LogP contribution in [0, 0.1) is 5.92 Å². The van der Waals surface area contributed by atoms with Crippen molar-refractivity contribution in [3.05, 3.63) is 23.8 Å².